The summed E-state index contributed by atoms with van der Waals surface area (Å²) in [7, 11) is 3.74. The van der Waals surface area contributed by atoms with E-state index in [1.807, 2.05) is 60.7 Å². The highest BCUT2D eigenvalue weighted by Gasteiger charge is 2.36. The number of amides is 3. The fraction of sp³-hybridized carbons (Fsp3) is 0.400. The molecule has 4 aliphatic heterocycles. The van der Waals surface area contributed by atoms with Crippen molar-refractivity contribution in [1.29, 1.82) is 5.26 Å². The van der Waals surface area contributed by atoms with Crippen LogP contribution in [0.4, 0.5) is 11.4 Å². The van der Waals surface area contributed by atoms with Gasteiger partial charge < -0.3 is 38.4 Å². The highest BCUT2D eigenvalue weighted by Crippen LogP contribution is 2.39. The van der Waals surface area contributed by atoms with Crippen molar-refractivity contribution in [2.24, 2.45) is 20.0 Å². The number of ether oxygens (including phenoxy) is 2. The maximum Gasteiger partial charge on any atom is 0.264 e. The zero-order valence-electron chi connectivity index (χ0n) is 42.7. The standard InChI is InChI=1S/C60H67N7O6/c1-40-53(60(71)67(49-16-18-52(68)19-17-49)56-32-50(34-61)62(3)41(56)2)33-57(63(40)4)54-30-46-20-25-65(58(69)28-42-12-14-43(15-13-42)38-73-39-44-21-26-72-27-22-44)35-48(46)31-55(54)59(70)66-36-47-11-7-6-10-45(47)29-51(66)37-64-23-8-5-9-24-64/h6-7,10-19,30-33,44,51,68H,5,8-9,20-29,35-39H2,1-4H3. The molecule has 2 fully saturated rings. The first kappa shape index (κ1) is 49.6. The van der Waals surface area contributed by atoms with E-state index in [1.54, 1.807) is 46.8 Å². The Hall–Kier alpha value is -6.98. The maximum atomic E-state index is 15.8. The third-order valence-electron chi connectivity index (χ3n) is 16.0. The van der Waals surface area contributed by atoms with Crippen LogP contribution < -0.4 is 4.90 Å². The van der Waals surface area contributed by atoms with Gasteiger partial charge in [-0.1, -0.05) is 55.0 Å². The lowest BCUT2D eigenvalue weighted by molar-refractivity contribution is -0.131. The minimum absolute atomic E-state index is 0.0373. The summed E-state index contributed by atoms with van der Waals surface area (Å²) in [4.78, 5) is 53.3. The van der Waals surface area contributed by atoms with E-state index in [-0.39, 0.29) is 35.9 Å². The average molecular weight is 982 g/mol. The van der Waals surface area contributed by atoms with Gasteiger partial charge in [0.15, 0.2) is 0 Å². The smallest absolute Gasteiger partial charge is 0.264 e. The quantitative estimate of drug-likeness (QED) is 0.121. The number of carbonyl (C=O) groups is 3. The lowest BCUT2D eigenvalue weighted by Gasteiger charge is -2.41. The number of nitrogens with zero attached hydrogens (tertiary/aromatic N) is 7. The van der Waals surface area contributed by atoms with Crippen LogP contribution in [0, 0.1) is 31.1 Å². The molecule has 3 amide bonds. The molecule has 2 aromatic heterocycles. The molecular formula is C60H67N7O6. The van der Waals surface area contributed by atoms with Crippen LogP contribution in [0.5, 0.6) is 5.75 Å². The summed E-state index contributed by atoms with van der Waals surface area (Å²) in [6.45, 7) is 10.9. The third kappa shape index (κ3) is 10.5. The zero-order valence-corrected chi connectivity index (χ0v) is 42.7. The van der Waals surface area contributed by atoms with Crippen LogP contribution in [0.2, 0.25) is 0 Å². The Morgan fingerprint density at radius 2 is 1.51 bits per heavy atom. The molecule has 0 radical (unpaired) electrons. The molecule has 13 nitrogen and oxygen atoms in total. The third-order valence-corrected chi connectivity index (χ3v) is 16.0. The molecule has 13 heteroatoms. The van der Waals surface area contributed by atoms with Gasteiger partial charge in [0.05, 0.1) is 30.9 Å². The molecule has 4 aliphatic rings. The predicted octanol–water partition coefficient (Wildman–Crippen LogP) is 9.33. The highest BCUT2D eigenvalue weighted by molar-refractivity contribution is 6.13. The van der Waals surface area contributed by atoms with Gasteiger partial charge in [0.2, 0.25) is 5.91 Å². The van der Waals surface area contributed by atoms with E-state index in [4.69, 9.17) is 9.47 Å². The fourth-order valence-electron chi connectivity index (χ4n) is 11.4. The zero-order chi connectivity index (χ0) is 50.8. The number of benzene rings is 4. The molecule has 1 N–H and O–H groups in total. The summed E-state index contributed by atoms with van der Waals surface area (Å²) in [5, 5.41) is 20.3. The second kappa shape index (κ2) is 21.6. The number of aromatic hydroxyl groups is 1. The van der Waals surface area contributed by atoms with Crippen molar-refractivity contribution in [3.63, 3.8) is 0 Å². The van der Waals surface area contributed by atoms with E-state index in [9.17, 15) is 15.2 Å². The molecule has 0 bridgehead atoms. The van der Waals surface area contributed by atoms with Gasteiger partial charge in [-0.15, -0.1) is 0 Å². The van der Waals surface area contributed by atoms with Gasteiger partial charge in [-0.2, -0.15) is 5.26 Å². The predicted molar refractivity (Wildman–Crippen MR) is 282 cm³/mol. The van der Waals surface area contributed by atoms with Crippen LogP contribution in [-0.2, 0) is 67.3 Å². The van der Waals surface area contributed by atoms with Gasteiger partial charge in [0.25, 0.3) is 11.8 Å². The van der Waals surface area contributed by atoms with Crippen molar-refractivity contribution in [2.75, 3.05) is 50.9 Å². The van der Waals surface area contributed by atoms with Crippen molar-refractivity contribution >= 4 is 29.1 Å². The molecule has 1 atom stereocenters. The monoisotopic (exact) mass is 982 g/mol. The van der Waals surface area contributed by atoms with E-state index in [0.29, 0.717) is 72.5 Å². The van der Waals surface area contributed by atoms with Crippen LogP contribution in [0.3, 0.4) is 0 Å². The number of phenols is 1. The molecule has 6 heterocycles. The first-order valence-electron chi connectivity index (χ1n) is 26.1. The Kier molecular flexibility index (Phi) is 14.7. The summed E-state index contributed by atoms with van der Waals surface area (Å²) in [5.41, 5.74) is 11.8. The largest absolute Gasteiger partial charge is 0.508 e. The number of piperidine rings is 1. The SMILES string of the molecule is Cc1c(N(C(=O)c2cc(-c3cc4c(cc3C(=O)N3Cc5ccccc5CC3CN3CCCCC3)CN(C(=O)Cc3ccc(COCC5CCOCC5)cc3)CC4)n(C)c2C)c2ccc(O)cc2)cc(C#N)n1C. The van der Waals surface area contributed by atoms with E-state index < -0.39 is 0 Å². The number of hydrogen-bond donors (Lipinski definition) is 1. The molecule has 2 saturated heterocycles. The minimum atomic E-state index is -0.314. The van der Waals surface area contributed by atoms with E-state index in [2.05, 4.69) is 52.3 Å². The van der Waals surface area contributed by atoms with Gasteiger partial charge in [0, 0.05) is 93.4 Å². The van der Waals surface area contributed by atoms with Gasteiger partial charge in [-0.05, 0) is 153 Å². The number of rotatable bonds is 13. The lowest BCUT2D eigenvalue weighted by Crippen LogP contribution is -2.51. The number of aromatic nitrogens is 2. The lowest BCUT2D eigenvalue weighted by atomic mass is 9.89. The van der Waals surface area contributed by atoms with Crippen molar-refractivity contribution in [1.82, 2.24) is 23.8 Å². The molecule has 6 aromatic rings. The summed E-state index contributed by atoms with van der Waals surface area (Å²) < 4.78 is 15.3. The average Bonchev–Trinajstić information content (AvgIpc) is 3.88. The summed E-state index contributed by atoms with van der Waals surface area (Å²) in [5.74, 6) is 0.255. The highest BCUT2D eigenvalue weighted by atomic mass is 16.5. The van der Waals surface area contributed by atoms with Crippen molar-refractivity contribution in [3.05, 3.63) is 159 Å². The number of anilines is 2. The molecule has 10 rings (SSSR count). The second-order valence-electron chi connectivity index (χ2n) is 20.6. The van der Waals surface area contributed by atoms with Crippen LogP contribution in [0.25, 0.3) is 11.3 Å². The summed E-state index contributed by atoms with van der Waals surface area (Å²) in [6, 6.07) is 33.1. The Labute approximate surface area is 429 Å². The van der Waals surface area contributed by atoms with Crippen molar-refractivity contribution in [3.8, 4) is 23.1 Å². The number of nitriles is 1. The van der Waals surface area contributed by atoms with Crippen LogP contribution in [0.1, 0.15) is 103 Å². The molecular weight excluding hydrogens is 915 g/mol. The molecule has 0 spiro atoms. The van der Waals surface area contributed by atoms with Gasteiger partial charge in [-0.25, -0.2) is 0 Å². The molecule has 73 heavy (non-hydrogen) atoms. The van der Waals surface area contributed by atoms with Crippen molar-refractivity contribution < 1.29 is 29.0 Å². The molecule has 0 saturated carbocycles. The van der Waals surface area contributed by atoms with Crippen LogP contribution >= 0.6 is 0 Å². The van der Waals surface area contributed by atoms with E-state index in [1.165, 1.54) is 12.0 Å². The first-order valence-corrected chi connectivity index (χ1v) is 26.1. The van der Waals surface area contributed by atoms with Gasteiger partial charge >= 0.3 is 0 Å². The second-order valence-corrected chi connectivity index (χ2v) is 20.6. The topological polar surface area (TPSA) is 137 Å². The Bertz CT molecular complexity index is 3040. The number of phenolic OH excluding ortho intramolecular Hbond substituents is 1. The molecule has 1 unspecified atom stereocenters. The summed E-state index contributed by atoms with van der Waals surface area (Å²) >= 11 is 0. The van der Waals surface area contributed by atoms with Crippen LogP contribution in [0.15, 0.2) is 97.1 Å². The number of fused-ring (bicyclic) bond motifs is 2. The Morgan fingerprint density at radius 1 is 0.781 bits per heavy atom. The van der Waals surface area contributed by atoms with Gasteiger partial charge in [0.1, 0.15) is 17.5 Å². The summed E-state index contributed by atoms with van der Waals surface area (Å²) in [6.07, 6.45) is 7.24. The maximum absolute atomic E-state index is 15.8. The van der Waals surface area contributed by atoms with Gasteiger partial charge in [-0.3, -0.25) is 19.3 Å². The number of likely N-dealkylation sites (tertiary alicyclic amines) is 1. The number of carbonyl (C=O) groups excluding carboxylic acids is 3. The normalized spacial score (nSPS) is 17.2. The van der Waals surface area contributed by atoms with E-state index in [0.717, 1.165) is 116 Å². The Balaban J connectivity index is 0.986. The molecule has 0 aliphatic carbocycles. The Morgan fingerprint density at radius 3 is 2.23 bits per heavy atom. The van der Waals surface area contributed by atoms with Crippen molar-refractivity contribution in [2.45, 2.75) is 91.0 Å². The minimum Gasteiger partial charge on any atom is -0.508 e. The first-order chi connectivity index (χ1) is 35.4. The van der Waals surface area contributed by atoms with Crippen LogP contribution in [-0.4, -0.2) is 98.7 Å². The molecule has 378 valence electrons. The van der Waals surface area contributed by atoms with E-state index >= 15 is 9.59 Å². The fourth-order valence-corrected chi connectivity index (χ4v) is 11.4. The molecule has 4 aromatic carbocycles. The number of hydrogen-bond acceptors (Lipinski definition) is 8.